The largest absolute Gasteiger partial charge is 0.402 e. The molecule has 0 bridgehead atoms. The third-order valence-electron chi connectivity index (χ3n) is 2.17. The summed E-state index contributed by atoms with van der Waals surface area (Å²) in [5.41, 5.74) is 6.58. The Morgan fingerprint density at radius 1 is 1.23 bits per heavy atom. The second-order valence-electron chi connectivity index (χ2n) is 3.39. The van der Waals surface area contributed by atoms with Gasteiger partial charge in [0.25, 0.3) is 0 Å². The fourth-order valence-electron chi connectivity index (χ4n) is 1.38. The van der Waals surface area contributed by atoms with E-state index in [1.807, 2.05) is 0 Å². The maximum atomic E-state index is 5.50. The molecule has 0 aromatic rings. The molecule has 3 heteroatoms. The van der Waals surface area contributed by atoms with Crippen molar-refractivity contribution in [2.45, 2.75) is 25.7 Å². The summed E-state index contributed by atoms with van der Waals surface area (Å²) >= 11 is 0. The Morgan fingerprint density at radius 3 is 2.23 bits per heavy atom. The molecule has 1 fully saturated rings. The van der Waals surface area contributed by atoms with Crippen LogP contribution in [0.2, 0.25) is 0 Å². The van der Waals surface area contributed by atoms with E-state index in [0.717, 1.165) is 38.4 Å². The van der Waals surface area contributed by atoms with E-state index < -0.39 is 0 Å². The van der Waals surface area contributed by atoms with E-state index >= 15 is 0 Å². The average Bonchev–Trinajstić information content (AvgIpc) is 2.22. The molecule has 3 N–H and O–H groups in total. The fraction of sp³-hybridized carbons (Fsp3) is 0.800. The number of hydrogen-bond acceptors (Lipinski definition) is 3. The minimum absolute atomic E-state index is 0.889. The van der Waals surface area contributed by atoms with Gasteiger partial charge in [-0.05, 0) is 25.7 Å². The predicted molar refractivity (Wildman–Crippen MR) is 54.4 cm³/mol. The van der Waals surface area contributed by atoms with Gasteiger partial charge in [0.1, 0.15) is 0 Å². The molecule has 0 radical (unpaired) electrons. The van der Waals surface area contributed by atoms with Crippen LogP contribution in [0.1, 0.15) is 25.7 Å². The highest BCUT2D eigenvalue weighted by Gasteiger charge is 1.96. The Kier molecular flexibility index (Phi) is 5.61. The van der Waals surface area contributed by atoms with E-state index in [4.69, 9.17) is 10.5 Å². The zero-order valence-corrected chi connectivity index (χ0v) is 8.22. The molecular weight excluding hydrogens is 164 g/mol. The van der Waals surface area contributed by atoms with Crippen LogP contribution in [0.5, 0.6) is 0 Å². The van der Waals surface area contributed by atoms with Gasteiger partial charge in [-0.15, -0.1) is 0 Å². The van der Waals surface area contributed by atoms with Gasteiger partial charge in [-0.1, -0.05) is 6.08 Å². The lowest BCUT2D eigenvalue weighted by Crippen LogP contribution is -2.30. The van der Waals surface area contributed by atoms with E-state index in [0.29, 0.717) is 0 Å². The van der Waals surface area contributed by atoms with Crippen molar-refractivity contribution in [3.63, 3.8) is 0 Å². The van der Waals surface area contributed by atoms with Crippen molar-refractivity contribution in [1.82, 2.24) is 5.32 Å². The van der Waals surface area contributed by atoms with E-state index in [1.165, 1.54) is 19.3 Å². The molecule has 13 heavy (non-hydrogen) atoms. The highest BCUT2D eigenvalue weighted by molar-refractivity contribution is 4.98. The zero-order valence-electron chi connectivity index (χ0n) is 8.22. The molecule has 0 unspecified atom stereocenters. The van der Waals surface area contributed by atoms with Crippen LogP contribution in [0.3, 0.4) is 0 Å². The summed E-state index contributed by atoms with van der Waals surface area (Å²) in [4.78, 5) is 0. The smallest absolute Gasteiger partial charge is 0.0591 e. The number of nitrogens with one attached hydrogen (secondary N) is 1. The molecule has 2 aliphatic rings. The normalized spacial score (nSPS) is 22.6. The van der Waals surface area contributed by atoms with Crippen molar-refractivity contribution >= 4 is 0 Å². The summed E-state index contributed by atoms with van der Waals surface area (Å²) in [6.45, 7) is 3.83. The van der Waals surface area contributed by atoms with Crippen LogP contribution in [0, 0.1) is 0 Å². The first-order valence-electron chi connectivity index (χ1n) is 5.12. The molecule has 0 aromatic heterocycles. The molecule has 2 rings (SSSR count). The first kappa shape index (κ1) is 10.5. The molecule has 76 valence electrons. The number of nitrogens with two attached hydrogens (primary N) is 1. The van der Waals surface area contributed by atoms with Crippen molar-refractivity contribution in [3.05, 3.63) is 11.8 Å². The molecule has 0 amide bonds. The van der Waals surface area contributed by atoms with Crippen molar-refractivity contribution < 1.29 is 4.74 Å². The fourth-order valence-corrected chi connectivity index (χ4v) is 1.38. The lowest BCUT2D eigenvalue weighted by Gasteiger charge is -2.10. The maximum absolute atomic E-state index is 5.50. The van der Waals surface area contributed by atoms with Crippen LogP contribution < -0.4 is 11.1 Å². The zero-order chi connectivity index (χ0) is 9.36. The Hall–Kier alpha value is -0.540. The standard InChI is InChI=1S/C6H11N.C4H9NO/c7-6-4-2-1-3-5-6;1-3-6-4-2-5-1/h4H,1-3,5,7H2;5H,1-4H2. The highest BCUT2D eigenvalue weighted by Crippen LogP contribution is 2.11. The number of rotatable bonds is 0. The Labute approximate surface area is 80.3 Å². The minimum atomic E-state index is 0.889. The van der Waals surface area contributed by atoms with Crippen LogP contribution in [0.15, 0.2) is 11.8 Å². The average molecular weight is 184 g/mol. The maximum Gasteiger partial charge on any atom is 0.0591 e. The van der Waals surface area contributed by atoms with Gasteiger partial charge < -0.3 is 15.8 Å². The summed E-state index contributed by atoms with van der Waals surface area (Å²) in [5, 5.41) is 3.16. The Balaban J connectivity index is 0.000000132. The molecule has 1 aliphatic carbocycles. The van der Waals surface area contributed by atoms with E-state index in [2.05, 4.69) is 11.4 Å². The first-order valence-corrected chi connectivity index (χ1v) is 5.12. The molecule has 1 saturated heterocycles. The van der Waals surface area contributed by atoms with Crippen LogP contribution in [0.4, 0.5) is 0 Å². The van der Waals surface area contributed by atoms with Gasteiger partial charge >= 0.3 is 0 Å². The van der Waals surface area contributed by atoms with Crippen molar-refractivity contribution in [2.24, 2.45) is 5.73 Å². The third kappa shape index (κ3) is 5.66. The number of hydrogen-bond donors (Lipinski definition) is 2. The van der Waals surface area contributed by atoms with Crippen LogP contribution >= 0.6 is 0 Å². The molecular formula is C10H20N2O. The molecule has 0 saturated carbocycles. The highest BCUT2D eigenvalue weighted by atomic mass is 16.5. The Morgan fingerprint density at radius 2 is 2.00 bits per heavy atom. The number of morpholine rings is 1. The van der Waals surface area contributed by atoms with Crippen LogP contribution in [0.25, 0.3) is 0 Å². The number of ether oxygens (including phenoxy) is 1. The summed E-state index contributed by atoms with van der Waals surface area (Å²) in [6.07, 6.45) is 7.08. The summed E-state index contributed by atoms with van der Waals surface area (Å²) in [6, 6.07) is 0. The van der Waals surface area contributed by atoms with Gasteiger partial charge in [-0.3, -0.25) is 0 Å². The molecule has 0 spiro atoms. The third-order valence-corrected chi connectivity index (χ3v) is 2.17. The van der Waals surface area contributed by atoms with E-state index in [1.54, 1.807) is 0 Å². The molecule has 0 atom stereocenters. The van der Waals surface area contributed by atoms with Gasteiger partial charge in [0, 0.05) is 18.8 Å². The summed E-state index contributed by atoms with van der Waals surface area (Å²) < 4.78 is 5.01. The minimum Gasteiger partial charge on any atom is -0.402 e. The van der Waals surface area contributed by atoms with Crippen molar-refractivity contribution in [3.8, 4) is 0 Å². The lowest BCUT2D eigenvalue weighted by molar-refractivity contribution is 0.109. The van der Waals surface area contributed by atoms with Gasteiger partial charge in [0.2, 0.25) is 0 Å². The van der Waals surface area contributed by atoms with E-state index in [9.17, 15) is 0 Å². The van der Waals surface area contributed by atoms with Gasteiger partial charge in [0.05, 0.1) is 13.2 Å². The lowest BCUT2D eigenvalue weighted by atomic mass is 10.1. The quantitative estimate of drug-likeness (QED) is 0.590. The van der Waals surface area contributed by atoms with Crippen LogP contribution in [-0.4, -0.2) is 26.3 Å². The van der Waals surface area contributed by atoms with Crippen LogP contribution in [-0.2, 0) is 4.74 Å². The molecule has 1 heterocycles. The van der Waals surface area contributed by atoms with Gasteiger partial charge in [0.15, 0.2) is 0 Å². The van der Waals surface area contributed by atoms with E-state index in [-0.39, 0.29) is 0 Å². The second-order valence-corrected chi connectivity index (χ2v) is 3.39. The molecule has 1 aliphatic heterocycles. The topological polar surface area (TPSA) is 47.3 Å². The van der Waals surface area contributed by atoms with Gasteiger partial charge in [-0.25, -0.2) is 0 Å². The number of allylic oxidation sites excluding steroid dienone is 2. The first-order chi connectivity index (χ1) is 6.39. The SMILES string of the molecule is C1COCCN1.NC1=CCCCC1. The predicted octanol–water partition coefficient (Wildman–Crippen LogP) is 1.01. The Bertz CT molecular complexity index is 141. The summed E-state index contributed by atoms with van der Waals surface area (Å²) in [5.74, 6) is 0. The van der Waals surface area contributed by atoms with Gasteiger partial charge in [-0.2, -0.15) is 0 Å². The molecule has 0 aromatic carbocycles. The van der Waals surface area contributed by atoms with Crippen molar-refractivity contribution in [2.75, 3.05) is 26.3 Å². The summed E-state index contributed by atoms with van der Waals surface area (Å²) in [7, 11) is 0. The molecule has 3 nitrogen and oxygen atoms in total. The monoisotopic (exact) mass is 184 g/mol. The van der Waals surface area contributed by atoms with Crippen molar-refractivity contribution in [1.29, 1.82) is 0 Å². The second kappa shape index (κ2) is 6.92.